The monoisotopic (exact) mass is 312 g/mol. The Morgan fingerprint density at radius 1 is 1.39 bits per heavy atom. The van der Waals surface area contributed by atoms with Gasteiger partial charge in [-0.15, -0.1) is 0 Å². The molecule has 1 aromatic rings. The van der Waals surface area contributed by atoms with Gasteiger partial charge in [0.05, 0.1) is 12.8 Å². The van der Waals surface area contributed by atoms with Crippen LogP contribution in [0.5, 0.6) is 5.75 Å². The zero-order valence-electron chi connectivity index (χ0n) is 11.2. The summed E-state index contributed by atoms with van der Waals surface area (Å²) in [4.78, 5) is 7.07. The number of alkyl halides is 1. The van der Waals surface area contributed by atoms with Gasteiger partial charge in [-0.2, -0.15) is 0 Å². The molecule has 1 fully saturated rings. The summed E-state index contributed by atoms with van der Waals surface area (Å²) in [6, 6.07) is 4.02. The van der Waals surface area contributed by atoms with Crippen molar-refractivity contribution < 1.29 is 4.74 Å². The molecule has 0 radical (unpaired) electrons. The van der Waals surface area contributed by atoms with Crippen molar-refractivity contribution in [1.29, 1.82) is 0 Å². The van der Waals surface area contributed by atoms with Gasteiger partial charge in [-0.05, 0) is 38.8 Å². The summed E-state index contributed by atoms with van der Waals surface area (Å²) in [5.74, 6) is 1.76. The Balaban J connectivity index is 1.95. The predicted octanol–water partition coefficient (Wildman–Crippen LogP) is 3.01. The number of halogens is 1. The molecule has 1 aromatic heterocycles. The molecular formula is C14H21BrN2O. The van der Waals surface area contributed by atoms with E-state index in [1.54, 1.807) is 7.11 Å². The fourth-order valence-electron chi connectivity index (χ4n) is 2.43. The summed E-state index contributed by atoms with van der Waals surface area (Å²) in [6.07, 6.45) is 2.57. The molecular weight excluding hydrogens is 292 g/mol. The van der Waals surface area contributed by atoms with Gasteiger partial charge in [-0.1, -0.05) is 15.9 Å². The van der Waals surface area contributed by atoms with Crippen LogP contribution in [0.2, 0.25) is 0 Å². The molecule has 0 aliphatic carbocycles. The number of methoxy groups -OCH3 is 1. The number of likely N-dealkylation sites (tertiary alicyclic amines) is 1. The van der Waals surface area contributed by atoms with Crippen molar-refractivity contribution in [3.05, 3.63) is 23.5 Å². The van der Waals surface area contributed by atoms with Crippen LogP contribution in [-0.4, -0.2) is 35.4 Å². The van der Waals surface area contributed by atoms with Crippen molar-refractivity contribution in [3.8, 4) is 5.75 Å². The first-order chi connectivity index (χ1) is 8.71. The van der Waals surface area contributed by atoms with Crippen molar-refractivity contribution in [2.45, 2.75) is 26.3 Å². The highest BCUT2D eigenvalue weighted by atomic mass is 79.9. The largest absolute Gasteiger partial charge is 0.497 e. The number of rotatable bonds is 4. The van der Waals surface area contributed by atoms with Crippen molar-refractivity contribution in [3.63, 3.8) is 0 Å². The van der Waals surface area contributed by atoms with Crippen LogP contribution in [0.4, 0.5) is 0 Å². The SMILES string of the molecule is COc1cc(C)nc(CN2CCC(CBr)CC2)c1. The molecule has 1 aliphatic rings. The second kappa shape index (κ2) is 6.53. The number of aryl methyl sites for hydroxylation is 1. The number of hydrogen-bond donors (Lipinski definition) is 0. The number of pyridine rings is 1. The lowest BCUT2D eigenvalue weighted by Gasteiger charge is -2.30. The van der Waals surface area contributed by atoms with Gasteiger partial charge in [0.1, 0.15) is 5.75 Å². The van der Waals surface area contributed by atoms with Crippen LogP contribution in [0.1, 0.15) is 24.2 Å². The summed E-state index contributed by atoms with van der Waals surface area (Å²) < 4.78 is 5.29. The molecule has 0 bridgehead atoms. The van der Waals surface area contributed by atoms with E-state index in [0.29, 0.717) is 0 Å². The molecule has 100 valence electrons. The quantitative estimate of drug-likeness (QED) is 0.799. The van der Waals surface area contributed by atoms with Gasteiger partial charge in [0, 0.05) is 29.7 Å². The average molecular weight is 313 g/mol. The molecule has 3 nitrogen and oxygen atoms in total. The fourth-order valence-corrected chi connectivity index (χ4v) is 3.08. The lowest BCUT2D eigenvalue weighted by molar-refractivity contribution is 0.185. The normalized spacial score (nSPS) is 17.9. The molecule has 2 heterocycles. The van der Waals surface area contributed by atoms with Crippen LogP contribution in [-0.2, 0) is 6.54 Å². The van der Waals surface area contributed by atoms with E-state index in [-0.39, 0.29) is 0 Å². The maximum absolute atomic E-state index is 5.29. The third-order valence-electron chi connectivity index (χ3n) is 3.53. The lowest BCUT2D eigenvalue weighted by Crippen LogP contribution is -2.33. The van der Waals surface area contributed by atoms with Gasteiger partial charge in [0.15, 0.2) is 0 Å². The van der Waals surface area contributed by atoms with Crippen LogP contribution in [0.25, 0.3) is 0 Å². The lowest BCUT2D eigenvalue weighted by atomic mass is 9.99. The Labute approximate surface area is 118 Å². The van der Waals surface area contributed by atoms with E-state index in [1.165, 1.54) is 25.9 Å². The van der Waals surface area contributed by atoms with E-state index < -0.39 is 0 Å². The Morgan fingerprint density at radius 2 is 2.11 bits per heavy atom. The minimum Gasteiger partial charge on any atom is -0.497 e. The van der Waals surface area contributed by atoms with Crippen molar-refractivity contribution in [1.82, 2.24) is 9.88 Å². The Hall–Kier alpha value is -0.610. The standard InChI is InChI=1S/C14H21BrN2O/c1-11-7-14(18-2)8-13(16-11)10-17-5-3-12(9-15)4-6-17/h7-8,12H,3-6,9-10H2,1-2H3. The molecule has 0 saturated carbocycles. The Bertz CT molecular complexity index is 389. The van der Waals surface area contributed by atoms with Crippen LogP contribution < -0.4 is 4.74 Å². The molecule has 0 unspecified atom stereocenters. The van der Waals surface area contributed by atoms with Gasteiger partial charge >= 0.3 is 0 Å². The maximum atomic E-state index is 5.29. The van der Waals surface area contributed by atoms with Crippen molar-refractivity contribution in [2.24, 2.45) is 5.92 Å². The molecule has 1 saturated heterocycles. The Kier molecular flexibility index (Phi) is 5.01. The smallest absolute Gasteiger partial charge is 0.122 e. The second-order valence-corrected chi connectivity index (χ2v) is 5.66. The second-order valence-electron chi connectivity index (χ2n) is 5.01. The number of aromatic nitrogens is 1. The third-order valence-corrected chi connectivity index (χ3v) is 4.44. The molecule has 0 N–H and O–H groups in total. The summed E-state index contributed by atoms with van der Waals surface area (Å²) in [5, 5.41) is 1.14. The number of piperidine rings is 1. The maximum Gasteiger partial charge on any atom is 0.122 e. The van der Waals surface area contributed by atoms with E-state index >= 15 is 0 Å². The Morgan fingerprint density at radius 3 is 2.72 bits per heavy atom. The number of hydrogen-bond acceptors (Lipinski definition) is 3. The first-order valence-electron chi connectivity index (χ1n) is 6.51. The fraction of sp³-hybridized carbons (Fsp3) is 0.643. The van der Waals surface area contributed by atoms with Gasteiger partial charge in [0.2, 0.25) is 0 Å². The molecule has 1 aliphatic heterocycles. The summed E-state index contributed by atoms with van der Waals surface area (Å²) in [5.41, 5.74) is 2.14. The topological polar surface area (TPSA) is 25.4 Å². The van der Waals surface area contributed by atoms with Crippen LogP contribution in [0.15, 0.2) is 12.1 Å². The van der Waals surface area contributed by atoms with Gasteiger partial charge in [0.25, 0.3) is 0 Å². The number of ether oxygens (including phenoxy) is 1. The molecule has 4 heteroatoms. The highest BCUT2D eigenvalue weighted by molar-refractivity contribution is 9.09. The van der Waals surface area contributed by atoms with E-state index in [9.17, 15) is 0 Å². The molecule has 2 rings (SSSR count). The predicted molar refractivity (Wildman–Crippen MR) is 77.3 cm³/mol. The van der Waals surface area contributed by atoms with Gasteiger partial charge < -0.3 is 4.74 Å². The van der Waals surface area contributed by atoms with Crippen molar-refractivity contribution >= 4 is 15.9 Å². The number of nitrogens with zero attached hydrogens (tertiary/aromatic N) is 2. The van der Waals surface area contributed by atoms with E-state index in [1.807, 2.05) is 19.1 Å². The van der Waals surface area contributed by atoms with E-state index in [0.717, 1.165) is 34.9 Å². The molecule has 0 aromatic carbocycles. The van der Waals surface area contributed by atoms with Crippen LogP contribution >= 0.6 is 15.9 Å². The summed E-state index contributed by atoms with van der Waals surface area (Å²) >= 11 is 3.58. The summed E-state index contributed by atoms with van der Waals surface area (Å²) in [7, 11) is 1.71. The van der Waals surface area contributed by atoms with E-state index in [2.05, 4.69) is 25.8 Å². The van der Waals surface area contributed by atoms with Crippen molar-refractivity contribution in [2.75, 3.05) is 25.5 Å². The summed E-state index contributed by atoms with van der Waals surface area (Å²) in [6.45, 7) is 5.30. The van der Waals surface area contributed by atoms with Gasteiger partial charge in [-0.3, -0.25) is 9.88 Å². The zero-order chi connectivity index (χ0) is 13.0. The molecule has 0 atom stereocenters. The first-order valence-corrected chi connectivity index (χ1v) is 7.63. The first kappa shape index (κ1) is 13.8. The third kappa shape index (κ3) is 3.69. The zero-order valence-corrected chi connectivity index (χ0v) is 12.7. The van der Waals surface area contributed by atoms with Crippen LogP contribution in [0.3, 0.4) is 0 Å². The van der Waals surface area contributed by atoms with E-state index in [4.69, 9.17) is 4.74 Å². The molecule has 0 amide bonds. The van der Waals surface area contributed by atoms with Crippen LogP contribution in [0, 0.1) is 12.8 Å². The average Bonchev–Trinajstić information content (AvgIpc) is 2.39. The highest BCUT2D eigenvalue weighted by Gasteiger charge is 2.18. The minimum absolute atomic E-state index is 0.848. The van der Waals surface area contributed by atoms with Gasteiger partial charge in [-0.25, -0.2) is 0 Å². The molecule has 18 heavy (non-hydrogen) atoms. The highest BCUT2D eigenvalue weighted by Crippen LogP contribution is 2.21. The minimum atomic E-state index is 0.848. The molecule has 0 spiro atoms.